The van der Waals surface area contributed by atoms with Gasteiger partial charge in [-0.25, -0.2) is 9.97 Å². The molecule has 0 aliphatic rings. The van der Waals surface area contributed by atoms with Crippen LogP contribution < -0.4 is 16.4 Å². The Bertz CT molecular complexity index is 2000. The van der Waals surface area contributed by atoms with Crippen LogP contribution in [0.5, 0.6) is 0 Å². The van der Waals surface area contributed by atoms with Crippen molar-refractivity contribution in [1.82, 2.24) is 20.6 Å². The summed E-state index contributed by atoms with van der Waals surface area (Å²) in [7, 11) is 0. The van der Waals surface area contributed by atoms with E-state index in [-0.39, 0.29) is 23.9 Å². The first-order valence-corrected chi connectivity index (χ1v) is 17.1. The Kier molecular flexibility index (Phi) is 9.42. The molecule has 2 aromatic heterocycles. The first-order valence-electron chi connectivity index (χ1n) is 17.1. The highest BCUT2D eigenvalue weighted by Gasteiger charge is 2.28. The van der Waals surface area contributed by atoms with E-state index >= 15 is 0 Å². The van der Waals surface area contributed by atoms with Crippen molar-refractivity contribution < 1.29 is 9.59 Å². The highest BCUT2D eigenvalue weighted by Crippen LogP contribution is 2.28. The second-order valence-corrected chi connectivity index (χ2v) is 13.5. The number of amides is 2. The molecule has 0 saturated heterocycles. The first-order chi connectivity index (χ1) is 23.1. The fourth-order valence-electron chi connectivity index (χ4n) is 6.56. The summed E-state index contributed by atoms with van der Waals surface area (Å²) in [6.45, 7) is 12.7. The molecule has 0 aliphatic heterocycles. The van der Waals surface area contributed by atoms with Crippen LogP contribution in [-0.4, -0.2) is 39.9 Å². The Labute approximate surface area is 282 Å². The molecule has 0 aliphatic carbocycles. The molecule has 0 saturated carbocycles. The number of nitrogens with one attached hydrogen (secondary N) is 2. The zero-order valence-corrected chi connectivity index (χ0v) is 28.7. The van der Waals surface area contributed by atoms with Crippen molar-refractivity contribution in [3.05, 3.63) is 107 Å². The lowest BCUT2D eigenvalue weighted by molar-refractivity contribution is 0.0909. The third-order valence-corrected chi connectivity index (χ3v) is 9.59. The molecule has 0 bridgehead atoms. The number of aromatic nitrogens is 2. The van der Waals surface area contributed by atoms with E-state index < -0.39 is 6.04 Å². The van der Waals surface area contributed by atoms with Gasteiger partial charge in [0.25, 0.3) is 11.8 Å². The number of rotatable bonds is 10. The Morgan fingerprint density at radius 2 is 1.02 bits per heavy atom. The standard InChI is InChI=1S/C41H45N5O2/c1-7-33(45-40(47)31-13-9-11-27-21-29-19-25(23(3)4)15-17-35(29)43-38(27)31)37(42)34(8-2)46-41(48)32-14-10-12-28-22-30-20-26(24(5)6)16-18-36(30)44-39(28)32/h9-24,33-34,37H,7-8,42H2,1-6H3,(H,45,47)(H,46,48). The van der Waals surface area contributed by atoms with Gasteiger partial charge in [-0.05, 0) is 84.3 Å². The number of benzene rings is 4. The molecule has 2 amide bonds. The number of para-hydroxylation sites is 2. The molecule has 0 fully saturated rings. The van der Waals surface area contributed by atoms with Crippen LogP contribution in [0.25, 0.3) is 43.6 Å². The predicted octanol–water partition coefficient (Wildman–Crippen LogP) is 8.38. The van der Waals surface area contributed by atoms with Crippen LogP contribution in [0.1, 0.15) is 98.1 Å². The Morgan fingerprint density at radius 1 is 0.604 bits per heavy atom. The minimum absolute atomic E-state index is 0.236. The lowest BCUT2D eigenvalue weighted by Crippen LogP contribution is -2.58. The van der Waals surface area contributed by atoms with E-state index in [9.17, 15) is 9.59 Å². The van der Waals surface area contributed by atoms with Gasteiger partial charge in [-0.2, -0.15) is 0 Å². The largest absolute Gasteiger partial charge is 0.348 e. The third-order valence-electron chi connectivity index (χ3n) is 9.59. The molecular weight excluding hydrogens is 594 g/mol. The number of pyridine rings is 2. The van der Waals surface area contributed by atoms with Crippen LogP contribution in [0.4, 0.5) is 0 Å². The van der Waals surface area contributed by atoms with Crippen LogP contribution in [0.2, 0.25) is 0 Å². The maximum atomic E-state index is 13.8. The molecule has 6 aromatic rings. The van der Waals surface area contributed by atoms with Crippen molar-refractivity contribution in [3.8, 4) is 0 Å². The van der Waals surface area contributed by atoms with Crippen molar-refractivity contribution in [2.45, 2.75) is 84.3 Å². The molecule has 4 N–H and O–H groups in total. The van der Waals surface area contributed by atoms with E-state index in [1.54, 1.807) is 12.1 Å². The summed E-state index contributed by atoms with van der Waals surface area (Å²) in [5.41, 5.74) is 13.3. The number of carbonyl (C=O) groups is 2. The summed E-state index contributed by atoms with van der Waals surface area (Å²) in [5.74, 6) is 0.355. The van der Waals surface area contributed by atoms with E-state index in [2.05, 4.69) is 74.7 Å². The van der Waals surface area contributed by atoms with Crippen LogP contribution in [0.3, 0.4) is 0 Å². The zero-order valence-electron chi connectivity index (χ0n) is 28.7. The van der Waals surface area contributed by atoms with Crippen molar-refractivity contribution in [2.75, 3.05) is 0 Å². The van der Waals surface area contributed by atoms with Gasteiger partial charge in [-0.15, -0.1) is 0 Å². The molecule has 48 heavy (non-hydrogen) atoms. The van der Waals surface area contributed by atoms with Gasteiger partial charge in [0, 0.05) is 39.7 Å². The molecule has 246 valence electrons. The van der Waals surface area contributed by atoms with Crippen molar-refractivity contribution in [3.63, 3.8) is 0 Å². The van der Waals surface area contributed by atoms with E-state index in [0.29, 0.717) is 46.8 Å². The summed E-state index contributed by atoms with van der Waals surface area (Å²) >= 11 is 0. The molecule has 4 aromatic carbocycles. The molecule has 0 radical (unpaired) electrons. The summed E-state index contributed by atoms with van der Waals surface area (Å²) in [4.78, 5) is 37.4. The summed E-state index contributed by atoms with van der Waals surface area (Å²) in [6.07, 6.45) is 1.19. The van der Waals surface area contributed by atoms with E-state index in [0.717, 1.165) is 32.6 Å². The summed E-state index contributed by atoms with van der Waals surface area (Å²) < 4.78 is 0. The van der Waals surface area contributed by atoms with Gasteiger partial charge < -0.3 is 16.4 Å². The van der Waals surface area contributed by atoms with Gasteiger partial charge >= 0.3 is 0 Å². The van der Waals surface area contributed by atoms with Crippen LogP contribution in [0.15, 0.2) is 84.9 Å². The molecule has 2 unspecified atom stereocenters. The monoisotopic (exact) mass is 639 g/mol. The second-order valence-electron chi connectivity index (χ2n) is 13.5. The summed E-state index contributed by atoms with van der Waals surface area (Å²) in [5, 5.41) is 10.3. The normalized spacial score (nSPS) is 13.8. The number of nitrogens with zero attached hydrogens (tertiary/aromatic N) is 2. The van der Waals surface area contributed by atoms with Crippen LogP contribution in [-0.2, 0) is 0 Å². The summed E-state index contributed by atoms with van der Waals surface area (Å²) in [6, 6.07) is 26.8. The zero-order chi connectivity index (χ0) is 34.1. The van der Waals surface area contributed by atoms with E-state index in [1.165, 1.54) is 11.1 Å². The number of fused-ring (bicyclic) bond motifs is 4. The van der Waals surface area contributed by atoms with Crippen LogP contribution >= 0.6 is 0 Å². The number of nitrogens with two attached hydrogens (primary N) is 1. The maximum Gasteiger partial charge on any atom is 0.253 e. The number of hydrogen-bond acceptors (Lipinski definition) is 5. The van der Waals surface area contributed by atoms with E-state index in [1.807, 2.05) is 50.2 Å². The molecule has 0 spiro atoms. The molecule has 6 rings (SSSR count). The fourth-order valence-corrected chi connectivity index (χ4v) is 6.56. The average molecular weight is 640 g/mol. The minimum Gasteiger partial charge on any atom is -0.348 e. The molecule has 2 atom stereocenters. The quantitative estimate of drug-likeness (QED) is 0.130. The molecule has 7 nitrogen and oxygen atoms in total. The number of carbonyl (C=O) groups excluding carboxylic acids is 2. The third kappa shape index (κ3) is 6.47. The Hall–Kier alpha value is -4.88. The fraction of sp³-hybridized carbons (Fsp3) is 0.317. The molecular formula is C41H45N5O2. The van der Waals surface area contributed by atoms with Gasteiger partial charge in [-0.1, -0.05) is 77.9 Å². The average Bonchev–Trinajstić information content (AvgIpc) is 3.09. The smallest absolute Gasteiger partial charge is 0.253 e. The van der Waals surface area contributed by atoms with Crippen molar-refractivity contribution in [2.24, 2.45) is 5.73 Å². The lowest BCUT2D eigenvalue weighted by atomic mass is 9.95. The Balaban J connectivity index is 1.22. The highest BCUT2D eigenvalue weighted by molar-refractivity contribution is 6.09. The van der Waals surface area contributed by atoms with Gasteiger partial charge in [0.1, 0.15) is 0 Å². The second kappa shape index (κ2) is 13.7. The number of hydrogen-bond donors (Lipinski definition) is 3. The first kappa shape index (κ1) is 33.0. The van der Waals surface area contributed by atoms with Crippen LogP contribution in [0, 0.1) is 0 Å². The van der Waals surface area contributed by atoms with Gasteiger partial charge in [0.05, 0.1) is 33.2 Å². The topological polar surface area (TPSA) is 110 Å². The van der Waals surface area contributed by atoms with Gasteiger partial charge in [-0.3, -0.25) is 9.59 Å². The minimum atomic E-state index is -0.524. The maximum absolute atomic E-state index is 13.8. The van der Waals surface area contributed by atoms with Crippen molar-refractivity contribution >= 4 is 55.4 Å². The highest BCUT2D eigenvalue weighted by atomic mass is 16.2. The van der Waals surface area contributed by atoms with Gasteiger partial charge in [0.15, 0.2) is 0 Å². The SMILES string of the molecule is CCC(NC(=O)c1cccc2cc3cc(C(C)C)ccc3nc12)C(N)C(CC)NC(=O)c1cccc2cc3cc(C(C)C)ccc3nc12. The molecule has 2 heterocycles. The molecule has 7 heteroatoms. The van der Waals surface area contributed by atoms with Gasteiger partial charge in [0.2, 0.25) is 0 Å². The lowest BCUT2D eigenvalue weighted by Gasteiger charge is -2.31. The predicted molar refractivity (Wildman–Crippen MR) is 198 cm³/mol. The van der Waals surface area contributed by atoms with E-state index in [4.69, 9.17) is 15.7 Å². The van der Waals surface area contributed by atoms with Crippen molar-refractivity contribution in [1.29, 1.82) is 0 Å². The Morgan fingerprint density at radius 3 is 1.40 bits per heavy atom.